The molecular formula is C14H16FNO. The summed E-state index contributed by atoms with van der Waals surface area (Å²) in [6.07, 6.45) is 4.07. The minimum absolute atomic E-state index is 0.103. The molecule has 0 aromatic heterocycles. The second-order valence-corrected chi connectivity index (χ2v) is 4.39. The zero-order valence-corrected chi connectivity index (χ0v) is 9.95. The predicted molar refractivity (Wildman–Crippen MR) is 67.0 cm³/mol. The van der Waals surface area contributed by atoms with Crippen molar-refractivity contribution in [1.29, 1.82) is 0 Å². The number of nitrogens with zero attached hydrogens (tertiary/aromatic N) is 1. The lowest BCUT2D eigenvalue weighted by molar-refractivity contribution is 0.101. The summed E-state index contributed by atoms with van der Waals surface area (Å²) in [7, 11) is 0. The van der Waals surface area contributed by atoms with Crippen molar-refractivity contribution in [2.75, 3.05) is 11.4 Å². The zero-order chi connectivity index (χ0) is 12.4. The van der Waals surface area contributed by atoms with Crippen molar-refractivity contribution in [3.63, 3.8) is 0 Å². The van der Waals surface area contributed by atoms with Crippen LogP contribution < -0.4 is 4.90 Å². The predicted octanol–water partition coefficient (Wildman–Crippen LogP) is 3.18. The second kappa shape index (κ2) is 4.70. The van der Waals surface area contributed by atoms with Gasteiger partial charge >= 0.3 is 0 Å². The van der Waals surface area contributed by atoms with Crippen molar-refractivity contribution < 1.29 is 9.18 Å². The van der Waals surface area contributed by atoms with E-state index in [4.69, 9.17) is 0 Å². The van der Waals surface area contributed by atoms with Crippen molar-refractivity contribution >= 4 is 11.5 Å². The van der Waals surface area contributed by atoms with Crippen LogP contribution in [0, 0.1) is 5.82 Å². The van der Waals surface area contributed by atoms with Crippen LogP contribution in [0.1, 0.15) is 30.1 Å². The van der Waals surface area contributed by atoms with Crippen LogP contribution in [0.3, 0.4) is 0 Å². The van der Waals surface area contributed by atoms with Crippen LogP contribution in [-0.2, 0) is 0 Å². The van der Waals surface area contributed by atoms with Gasteiger partial charge in [0, 0.05) is 23.8 Å². The van der Waals surface area contributed by atoms with Crippen molar-refractivity contribution in [3.05, 3.63) is 42.2 Å². The molecule has 1 aromatic carbocycles. The summed E-state index contributed by atoms with van der Waals surface area (Å²) < 4.78 is 13.2. The number of hydrogen-bond donors (Lipinski definition) is 0. The molecular weight excluding hydrogens is 217 g/mol. The normalized spacial score (nSPS) is 14.5. The number of benzene rings is 1. The van der Waals surface area contributed by atoms with Crippen LogP contribution in [0.15, 0.2) is 30.9 Å². The molecule has 1 aliphatic carbocycles. The maximum atomic E-state index is 13.2. The van der Waals surface area contributed by atoms with E-state index < -0.39 is 0 Å². The van der Waals surface area contributed by atoms with Gasteiger partial charge in [-0.15, -0.1) is 6.58 Å². The first-order valence-electron chi connectivity index (χ1n) is 5.81. The molecule has 0 bridgehead atoms. The molecule has 1 aromatic rings. The monoisotopic (exact) mass is 233 g/mol. The Hall–Kier alpha value is -1.64. The van der Waals surface area contributed by atoms with E-state index in [1.807, 2.05) is 6.08 Å². The van der Waals surface area contributed by atoms with E-state index in [9.17, 15) is 9.18 Å². The molecule has 2 rings (SSSR count). The molecule has 0 atom stereocenters. The molecule has 1 fully saturated rings. The Morgan fingerprint density at radius 2 is 2.29 bits per heavy atom. The van der Waals surface area contributed by atoms with Gasteiger partial charge in [0.2, 0.25) is 0 Å². The van der Waals surface area contributed by atoms with Crippen molar-refractivity contribution in [3.8, 4) is 0 Å². The highest BCUT2D eigenvalue weighted by molar-refractivity contribution is 5.99. The Morgan fingerprint density at radius 1 is 1.59 bits per heavy atom. The third kappa shape index (κ3) is 2.54. The van der Waals surface area contributed by atoms with Crippen LogP contribution in [0.2, 0.25) is 0 Å². The third-order valence-electron chi connectivity index (χ3n) is 2.96. The fourth-order valence-electron chi connectivity index (χ4n) is 2.01. The smallest absolute Gasteiger partial charge is 0.161 e. The van der Waals surface area contributed by atoms with E-state index in [0.29, 0.717) is 18.2 Å². The van der Waals surface area contributed by atoms with E-state index in [0.717, 1.165) is 18.5 Å². The number of halogens is 1. The van der Waals surface area contributed by atoms with Crippen LogP contribution >= 0.6 is 0 Å². The van der Waals surface area contributed by atoms with Gasteiger partial charge in [0.15, 0.2) is 5.78 Å². The highest BCUT2D eigenvalue weighted by Crippen LogP contribution is 2.33. The Bertz CT molecular complexity index is 452. The minimum Gasteiger partial charge on any atom is -0.364 e. The minimum atomic E-state index is -0.367. The summed E-state index contributed by atoms with van der Waals surface area (Å²) in [5.41, 5.74) is 1.28. The van der Waals surface area contributed by atoms with Gasteiger partial charge in [-0.1, -0.05) is 6.08 Å². The number of rotatable bonds is 5. The standard InChI is InChI=1S/C14H16FNO/c1-3-8-16(12-5-6-12)14-7-4-11(15)9-13(14)10(2)17/h3-4,7,9,12H,1,5-6,8H2,2H3. The number of carbonyl (C=O) groups is 1. The first kappa shape index (κ1) is 11.8. The van der Waals surface area contributed by atoms with Gasteiger partial charge in [-0.25, -0.2) is 4.39 Å². The van der Waals surface area contributed by atoms with Gasteiger partial charge in [-0.3, -0.25) is 4.79 Å². The van der Waals surface area contributed by atoms with Gasteiger partial charge in [-0.05, 0) is 38.0 Å². The van der Waals surface area contributed by atoms with Crippen molar-refractivity contribution in [1.82, 2.24) is 0 Å². The molecule has 0 N–H and O–H groups in total. The molecule has 0 amide bonds. The average molecular weight is 233 g/mol. The average Bonchev–Trinajstić information content (AvgIpc) is 3.10. The molecule has 17 heavy (non-hydrogen) atoms. The quantitative estimate of drug-likeness (QED) is 0.575. The van der Waals surface area contributed by atoms with E-state index in [1.54, 1.807) is 6.07 Å². The molecule has 0 aliphatic heterocycles. The topological polar surface area (TPSA) is 20.3 Å². The molecule has 0 heterocycles. The van der Waals surface area contributed by atoms with E-state index in [-0.39, 0.29) is 11.6 Å². The molecule has 1 saturated carbocycles. The lowest BCUT2D eigenvalue weighted by atomic mass is 10.1. The van der Waals surface area contributed by atoms with Gasteiger partial charge in [0.05, 0.1) is 0 Å². The van der Waals surface area contributed by atoms with E-state index in [2.05, 4.69) is 11.5 Å². The maximum absolute atomic E-state index is 13.2. The summed E-state index contributed by atoms with van der Waals surface area (Å²) in [6, 6.07) is 4.88. The molecule has 0 spiro atoms. The summed E-state index contributed by atoms with van der Waals surface area (Å²) >= 11 is 0. The number of anilines is 1. The fraction of sp³-hybridized carbons (Fsp3) is 0.357. The molecule has 2 nitrogen and oxygen atoms in total. The maximum Gasteiger partial charge on any atom is 0.161 e. The van der Waals surface area contributed by atoms with E-state index >= 15 is 0 Å². The van der Waals surface area contributed by atoms with Crippen molar-refractivity contribution in [2.45, 2.75) is 25.8 Å². The molecule has 3 heteroatoms. The summed E-state index contributed by atoms with van der Waals surface area (Å²) in [4.78, 5) is 13.7. The van der Waals surface area contributed by atoms with Crippen LogP contribution in [0.5, 0.6) is 0 Å². The van der Waals surface area contributed by atoms with Crippen molar-refractivity contribution in [2.24, 2.45) is 0 Å². The second-order valence-electron chi connectivity index (χ2n) is 4.39. The SMILES string of the molecule is C=CCN(c1ccc(F)cc1C(C)=O)C1CC1. The Balaban J connectivity index is 2.40. The largest absolute Gasteiger partial charge is 0.364 e. The van der Waals surface area contributed by atoms with Gasteiger partial charge in [0.1, 0.15) is 5.82 Å². The lowest BCUT2D eigenvalue weighted by Crippen LogP contribution is -2.27. The Morgan fingerprint density at radius 3 is 2.82 bits per heavy atom. The third-order valence-corrected chi connectivity index (χ3v) is 2.96. The Kier molecular flexibility index (Phi) is 3.27. The molecule has 0 radical (unpaired) electrons. The Labute approximate surface area is 101 Å². The lowest BCUT2D eigenvalue weighted by Gasteiger charge is -2.25. The van der Waals surface area contributed by atoms with Crippen LogP contribution in [-0.4, -0.2) is 18.4 Å². The fourth-order valence-corrected chi connectivity index (χ4v) is 2.01. The summed E-state index contributed by atoms with van der Waals surface area (Å²) in [6.45, 7) is 5.89. The van der Waals surface area contributed by atoms with Crippen LogP contribution in [0.4, 0.5) is 10.1 Å². The molecule has 90 valence electrons. The number of carbonyl (C=O) groups excluding carboxylic acids is 1. The number of Topliss-reactive ketones (excluding diaryl/α,β-unsaturated/α-hetero) is 1. The first-order chi connectivity index (χ1) is 8.13. The zero-order valence-electron chi connectivity index (χ0n) is 9.95. The molecule has 0 unspecified atom stereocenters. The van der Waals surface area contributed by atoms with Gasteiger partial charge < -0.3 is 4.90 Å². The molecule has 0 saturated heterocycles. The highest BCUT2D eigenvalue weighted by atomic mass is 19.1. The first-order valence-corrected chi connectivity index (χ1v) is 5.81. The number of hydrogen-bond acceptors (Lipinski definition) is 2. The highest BCUT2D eigenvalue weighted by Gasteiger charge is 2.30. The number of ketones is 1. The van der Waals surface area contributed by atoms with Gasteiger partial charge in [0.25, 0.3) is 0 Å². The summed E-state index contributed by atoms with van der Waals surface area (Å²) in [5.74, 6) is -0.470. The van der Waals surface area contributed by atoms with Gasteiger partial charge in [-0.2, -0.15) is 0 Å². The molecule has 1 aliphatic rings. The van der Waals surface area contributed by atoms with E-state index in [1.165, 1.54) is 19.1 Å². The summed E-state index contributed by atoms with van der Waals surface area (Å²) in [5, 5.41) is 0. The van der Waals surface area contributed by atoms with Crippen LogP contribution in [0.25, 0.3) is 0 Å².